The first-order valence-electron chi connectivity index (χ1n) is 15.7. The minimum atomic E-state index is 0.819. The largest absolute Gasteiger partial charge is 0.314 e. The maximum atomic E-state index is 9.57. The topological polar surface area (TPSA) is 23.5 Å². The highest BCUT2D eigenvalue weighted by Crippen LogP contribution is 2.16. The van der Waals surface area contributed by atoms with Gasteiger partial charge in [-0.25, -0.2) is 0 Å². The molecular formula is C31H65NO. The van der Waals surface area contributed by atoms with Gasteiger partial charge in [-0.1, -0.05) is 174 Å². The van der Waals surface area contributed by atoms with Crippen molar-refractivity contribution >= 4 is 0 Å². The van der Waals surface area contributed by atoms with Gasteiger partial charge in [0.05, 0.1) is 0 Å². The van der Waals surface area contributed by atoms with Gasteiger partial charge in [-0.2, -0.15) is 5.06 Å². The lowest BCUT2D eigenvalue weighted by Crippen LogP contribution is -2.21. The molecule has 2 heteroatoms. The molecule has 0 heterocycles. The number of hydroxylamine groups is 2. The summed E-state index contributed by atoms with van der Waals surface area (Å²) in [6, 6.07) is 0. The zero-order valence-electron chi connectivity index (χ0n) is 23.4. The fourth-order valence-corrected chi connectivity index (χ4v) is 4.98. The summed E-state index contributed by atoms with van der Waals surface area (Å²) in [6.07, 6.45) is 38.4. The molecule has 0 amide bonds. The Kier molecular flexibility index (Phi) is 29.9. The number of hydrogen-bond acceptors (Lipinski definition) is 2. The van der Waals surface area contributed by atoms with E-state index < -0.39 is 0 Å². The molecule has 0 rings (SSSR count). The van der Waals surface area contributed by atoms with Crippen molar-refractivity contribution in [3.05, 3.63) is 0 Å². The van der Waals surface area contributed by atoms with Crippen LogP contribution in [-0.2, 0) is 0 Å². The third-order valence-corrected chi connectivity index (χ3v) is 7.25. The lowest BCUT2D eigenvalue weighted by molar-refractivity contribution is -0.0913. The molecule has 0 aromatic rings. The molecule has 0 bridgehead atoms. The van der Waals surface area contributed by atoms with Crippen LogP contribution in [0.15, 0.2) is 0 Å². The average molecular weight is 468 g/mol. The van der Waals surface area contributed by atoms with E-state index >= 15 is 0 Å². The maximum Gasteiger partial charge on any atom is 0.0238 e. The molecule has 0 aliphatic heterocycles. The van der Waals surface area contributed by atoms with Crippen LogP contribution in [0.2, 0.25) is 0 Å². The molecule has 200 valence electrons. The zero-order chi connectivity index (χ0) is 24.1. The average Bonchev–Trinajstić information content (AvgIpc) is 2.81. The van der Waals surface area contributed by atoms with E-state index in [0.717, 1.165) is 25.9 Å². The fourth-order valence-electron chi connectivity index (χ4n) is 4.98. The summed E-state index contributed by atoms with van der Waals surface area (Å²) < 4.78 is 0. The zero-order valence-corrected chi connectivity index (χ0v) is 23.4. The lowest BCUT2D eigenvalue weighted by atomic mass is 10.0. The minimum absolute atomic E-state index is 0.819. The van der Waals surface area contributed by atoms with Crippen molar-refractivity contribution in [1.29, 1.82) is 0 Å². The van der Waals surface area contributed by atoms with Gasteiger partial charge >= 0.3 is 0 Å². The van der Waals surface area contributed by atoms with Crippen LogP contribution in [0.3, 0.4) is 0 Å². The second-order valence-electron chi connectivity index (χ2n) is 10.8. The highest BCUT2D eigenvalue weighted by atomic mass is 16.5. The molecule has 2 nitrogen and oxygen atoms in total. The van der Waals surface area contributed by atoms with Gasteiger partial charge in [0.2, 0.25) is 0 Å². The smallest absolute Gasteiger partial charge is 0.0238 e. The molecule has 1 N–H and O–H groups in total. The van der Waals surface area contributed by atoms with Crippen LogP contribution < -0.4 is 0 Å². The van der Waals surface area contributed by atoms with E-state index in [1.807, 2.05) is 0 Å². The molecule has 33 heavy (non-hydrogen) atoms. The van der Waals surface area contributed by atoms with Gasteiger partial charge in [0.15, 0.2) is 0 Å². The summed E-state index contributed by atoms with van der Waals surface area (Å²) in [7, 11) is 0. The van der Waals surface area contributed by atoms with Crippen LogP contribution >= 0.6 is 0 Å². The molecule has 0 atom stereocenters. The van der Waals surface area contributed by atoms with E-state index in [-0.39, 0.29) is 0 Å². The molecule has 0 aliphatic carbocycles. The quantitative estimate of drug-likeness (QED) is 0.0873. The molecule has 0 saturated carbocycles. The normalized spacial score (nSPS) is 11.6. The van der Waals surface area contributed by atoms with Crippen LogP contribution in [0.1, 0.15) is 187 Å². The summed E-state index contributed by atoms with van der Waals surface area (Å²) in [5.74, 6) is 0. The van der Waals surface area contributed by atoms with Crippen LogP contribution in [0.4, 0.5) is 0 Å². The Morgan fingerprint density at radius 3 is 0.788 bits per heavy atom. The van der Waals surface area contributed by atoms with Crippen molar-refractivity contribution in [2.24, 2.45) is 0 Å². The molecule has 0 aromatic heterocycles. The van der Waals surface area contributed by atoms with E-state index in [9.17, 15) is 5.21 Å². The van der Waals surface area contributed by atoms with Gasteiger partial charge in [-0.05, 0) is 12.8 Å². The van der Waals surface area contributed by atoms with E-state index in [1.54, 1.807) is 0 Å². The first kappa shape index (κ1) is 32.9. The molecule has 0 fully saturated rings. The third kappa shape index (κ3) is 29.9. The van der Waals surface area contributed by atoms with Crippen LogP contribution in [0.5, 0.6) is 0 Å². The van der Waals surface area contributed by atoms with Crippen LogP contribution in [0, 0.1) is 0 Å². The van der Waals surface area contributed by atoms with Gasteiger partial charge in [0.25, 0.3) is 0 Å². The number of unbranched alkanes of at least 4 members (excludes halogenated alkanes) is 25. The molecule has 0 aromatic carbocycles. The van der Waals surface area contributed by atoms with Crippen molar-refractivity contribution in [1.82, 2.24) is 5.06 Å². The Morgan fingerprint density at radius 1 is 0.303 bits per heavy atom. The van der Waals surface area contributed by atoms with Crippen molar-refractivity contribution < 1.29 is 5.21 Å². The number of rotatable bonds is 29. The molecule has 0 aliphatic rings. The van der Waals surface area contributed by atoms with E-state index in [4.69, 9.17) is 0 Å². The predicted molar refractivity (Wildman–Crippen MR) is 149 cm³/mol. The number of nitrogens with zero attached hydrogens (tertiary/aromatic N) is 1. The fraction of sp³-hybridized carbons (Fsp3) is 1.00. The molecule has 0 unspecified atom stereocenters. The Bertz CT molecular complexity index is 333. The minimum Gasteiger partial charge on any atom is -0.314 e. The standard InChI is InChI=1S/C31H65NO/c1-3-5-6-7-8-9-10-11-12-13-14-15-16-17-18-19-20-21-22-23-24-25-26-27-28-29-31-32(33)30-4-2/h33H,3-31H2,1-2H3. The molecule has 0 radical (unpaired) electrons. The van der Waals surface area contributed by atoms with Crippen LogP contribution in [-0.4, -0.2) is 23.4 Å². The van der Waals surface area contributed by atoms with Gasteiger partial charge in [0.1, 0.15) is 0 Å². The van der Waals surface area contributed by atoms with Crippen LogP contribution in [0.25, 0.3) is 0 Å². The monoisotopic (exact) mass is 468 g/mol. The second-order valence-corrected chi connectivity index (χ2v) is 10.8. The van der Waals surface area contributed by atoms with Crippen molar-refractivity contribution in [3.8, 4) is 0 Å². The summed E-state index contributed by atoms with van der Waals surface area (Å²) >= 11 is 0. The van der Waals surface area contributed by atoms with Crippen molar-refractivity contribution in [3.63, 3.8) is 0 Å². The first-order chi connectivity index (χ1) is 16.3. The summed E-state index contributed by atoms with van der Waals surface area (Å²) in [6.45, 7) is 6.09. The predicted octanol–water partition coefficient (Wildman–Crippen LogP) is 11.3. The molecule has 0 spiro atoms. The summed E-state index contributed by atoms with van der Waals surface area (Å²) in [5, 5.41) is 11.1. The van der Waals surface area contributed by atoms with Crippen molar-refractivity contribution in [2.75, 3.05) is 13.1 Å². The van der Waals surface area contributed by atoms with Gasteiger partial charge < -0.3 is 5.21 Å². The second kappa shape index (κ2) is 30.0. The van der Waals surface area contributed by atoms with E-state index in [0.29, 0.717) is 0 Å². The van der Waals surface area contributed by atoms with Gasteiger partial charge in [0, 0.05) is 13.1 Å². The maximum absolute atomic E-state index is 9.57. The number of hydrogen-bond donors (Lipinski definition) is 1. The SMILES string of the molecule is CCCCCCCCCCCCCCCCCCCCCCCCCCCCN(O)CCC. The third-order valence-electron chi connectivity index (χ3n) is 7.25. The Balaban J connectivity index is 3.03. The highest BCUT2D eigenvalue weighted by Gasteiger charge is 1.99. The molecular weight excluding hydrogens is 402 g/mol. The lowest BCUT2D eigenvalue weighted by Gasteiger charge is -2.12. The summed E-state index contributed by atoms with van der Waals surface area (Å²) in [5.41, 5.74) is 0. The Hall–Kier alpha value is -0.0800. The Morgan fingerprint density at radius 2 is 0.545 bits per heavy atom. The molecule has 0 saturated heterocycles. The van der Waals surface area contributed by atoms with Crippen molar-refractivity contribution in [2.45, 2.75) is 187 Å². The van der Waals surface area contributed by atoms with Gasteiger partial charge in [-0.3, -0.25) is 0 Å². The highest BCUT2D eigenvalue weighted by molar-refractivity contribution is 4.52. The van der Waals surface area contributed by atoms with E-state index in [2.05, 4.69) is 13.8 Å². The van der Waals surface area contributed by atoms with E-state index in [1.165, 1.54) is 166 Å². The summed E-state index contributed by atoms with van der Waals surface area (Å²) in [4.78, 5) is 0. The first-order valence-corrected chi connectivity index (χ1v) is 15.7. The van der Waals surface area contributed by atoms with Gasteiger partial charge in [-0.15, -0.1) is 0 Å². The Labute approximate surface area is 210 Å².